The van der Waals surface area contributed by atoms with Gasteiger partial charge in [-0.1, -0.05) is 17.7 Å². The van der Waals surface area contributed by atoms with Crippen molar-refractivity contribution in [2.24, 2.45) is 0 Å². The lowest BCUT2D eigenvalue weighted by molar-refractivity contribution is -0.122. The van der Waals surface area contributed by atoms with E-state index in [4.69, 9.17) is 0 Å². The average Bonchev–Trinajstić information content (AvgIpc) is 2.72. The lowest BCUT2D eigenvalue weighted by atomic mass is 10.2. The molecule has 1 atom stereocenters. The summed E-state index contributed by atoms with van der Waals surface area (Å²) < 4.78 is 40.8. The normalized spacial score (nSPS) is 12.5. The number of rotatable bonds is 12. The van der Waals surface area contributed by atoms with Gasteiger partial charge in [-0.15, -0.1) is 11.8 Å². The van der Waals surface area contributed by atoms with Crippen molar-refractivity contribution in [3.8, 4) is 0 Å². The van der Waals surface area contributed by atoms with Gasteiger partial charge in [-0.05, 0) is 73.9 Å². The van der Waals surface area contributed by atoms with Crippen LogP contribution in [0.1, 0.15) is 18.4 Å². The maximum Gasteiger partial charge on any atom is 0.241 e. The smallest absolute Gasteiger partial charge is 0.241 e. The van der Waals surface area contributed by atoms with Crippen LogP contribution in [0.5, 0.6) is 0 Å². The van der Waals surface area contributed by atoms with Crippen molar-refractivity contribution in [3.63, 3.8) is 0 Å². The van der Waals surface area contributed by atoms with Gasteiger partial charge in [0.25, 0.3) is 0 Å². The van der Waals surface area contributed by atoms with Crippen LogP contribution in [0.25, 0.3) is 0 Å². The Hall–Kier alpha value is -1.55. The molecule has 30 heavy (non-hydrogen) atoms. The zero-order valence-electron chi connectivity index (χ0n) is 17.1. The van der Waals surface area contributed by atoms with E-state index in [1.807, 2.05) is 13.2 Å². The predicted octanol–water partition coefficient (Wildman–Crippen LogP) is 3.83. The maximum atomic E-state index is 12.9. The highest BCUT2D eigenvalue weighted by Crippen LogP contribution is 2.18. The van der Waals surface area contributed by atoms with E-state index in [1.54, 1.807) is 47.8 Å². The second-order valence-corrected chi connectivity index (χ2v) is 10.6. The number of carbonyl (C=O) groups is 1. The summed E-state index contributed by atoms with van der Waals surface area (Å²) in [6.07, 6.45) is 3.03. The molecule has 2 aromatic rings. The number of amides is 1. The molecule has 0 aliphatic carbocycles. The SMILES string of the molecule is CSCCC(NS(=O)(=O)c1ccc(C)cc1)C(=O)NCCCSc1ccc(F)cc1. The number of hydrogen-bond donors (Lipinski definition) is 2. The number of aryl methyl sites for hydroxylation is 1. The van der Waals surface area contributed by atoms with Gasteiger partial charge in [-0.2, -0.15) is 16.5 Å². The third kappa shape index (κ3) is 8.29. The van der Waals surface area contributed by atoms with E-state index in [0.717, 1.165) is 16.2 Å². The Morgan fingerprint density at radius 1 is 1.07 bits per heavy atom. The highest BCUT2D eigenvalue weighted by atomic mass is 32.2. The van der Waals surface area contributed by atoms with Gasteiger partial charge in [0.2, 0.25) is 15.9 Å². The Balaban J connectivity index is 1.86. The summed E-state index contributed by atoms with van der Waals surface area (Å²) in [4.78, 5) is 13.7. The molecule has 0 aliphatic heterocycles. The Morgan fingerprint density at radius 2 is 1.73 bits per heavy atom. The highest BCUT2D eigenvalue weighted by Gasteiger charge is 2.25. The van der Waals surface area contributed by atoms with Crippen LogP contribution in [0.4, 0.5) is 4.39 Å². The highest BCUT2D eigenvalue weighted by molar-refractivity contribution is 7.99. The molecule has 2 rings (SSSR count). The molecular weight excluding hydrogens is 443 g/mol. The number of benzene rings is 2. The molecule has 0 heterocycles. The standard InChI is InChI=1S/C21H27FN2O3S3/c1-16-4-10-19(11-5-16)30(26,27)24-20(12-15-28-2)21(25)23-13-3-14-29-18-8-6-17(22)7-9-18/h4-11,20,24H,3,12-15H2,1-2H3,(H,23,25). The first-order valence-electron chi connectivity index (χ1n) is 9.56. The third-order valence-corrected chi connectivity index (χ3v) is 7.49. The van der Waals surface area contributed by atoms with Crippen LogP contribution in [-0.4, -0.2) is 44.7 Å². The third-order valence-electron chi connectivity index (χ3n) is 4.26. The number of sulfonamides is 1. The molecule has 1 amide bonds. The zero-order chi connectivity index (χ0) is 22.0. The van der Waals surface area contributed by atoms with Crippen LogP contribution < -0.4 is 10.0 Å². The molecule has 0 saturated carbocycles. The average molecular weight is 471 g/mol. The van der Waals surface area contributed by atoms with E-state index in [-0.39, 0.29) is 16.6 Å². The van der Waals surface area contributed by atoms with Crippen LogP contribution in [0.15, 0.2) is 58.3 Å². The van der Waals surface area contributed by atoms with Crippen LogP contribution in [0.3, 0.4) is 0 Å². The predicted molar refractivity (Wildman–Crippen MR) is 123 cm³/mol. The van der Waals surface area contributed by atoms with Crippen molar-refractivity contribution in [2.75, 3.05) is 24.3 Å². The monoisotopic (exact) mass is 470 g/mol. The van der Waals surface area contributed by atoms with Gasteiger partial charge >= 0.3 is 0 Å². The Bertz CT molecular complexity index is 904. The van der Waals surface area contributed by atoms with Crippen LogP contribution in [-0.2, 0) is 14.8 Å². The number of thioether (sulfide) groups is 2. The minimum Gasteiger partial charge on any atom is -0.355 e. The Kier molecular flexibility index (Phi) is 10.2. The molecule has 1 unspecified atom stereocenters. The number of hydrogen-bond acceptors (Lipinski definition) is 5. The van der Waals surface area contributed by atoms with Crippen LogP contribution in [0.2, 0.25) is 0 Å². The minimum atomic E-state index is -3.78. The van der Waals surface area contributed by atoms with Crippen LogP contribution in [0, 0.1) is 12.7 Å². The molecule has 0 bridgehead atoms. The van der Waals surface area contributed by atoms with E-state index in [1.165, 1.54) is 24.3 Å². The first-order chi connectivity index (χ1) is 14.3. The number of halogens is 1. The lowest BCUT2D eigenvalue weighted by Crippen LogP contribution is -2.47. The number of nitrogens with one attached hydrogen (secondary N) is 2. The Labute approximate surface area is 186 Å². The molecule has 0 spiro atoms. The van der Waals surface area contributed by atoms with Gasteiger partial charge in [-0.3, -0.25) is 4.79 Å². The van der Waals surface area contributed by atoms with Gasteiger partial charge in [0.05, 0.1) is 4.90 Å². The summed E-state index contributed by atoms with van der Waals surface area (Å²) in [5, 5.41) is 2.82. The molecule has 2 aromatic carbocycles. The fourth-order valence-electron chi connectivity index (χ4n) is 2.58. The molecule has 0 aliphatic rings. The molecule has 9 heteroatoms. The van der Waals surface area contributed by atoms with Gasteiger partial charge in [0, 0.05) is 11.4 Å². The summed E-state index contributed by atoms with van der Waals surface area (Å²) in [7, 11) is -3.78. The molecular formula is C21H27FN2O3S3. The molecule has 5 nitrogen and oxygen atoms in total. The van der Waals surface area contributed by atoms with E-state index in [2.05, 4.69) is 10.0 Å². The summed E-state index contributed by atoms with van der Waals surface area (Å²) in [5.74, 6) is 0.827. The zero-order valence-corrected chi connectivity index (χ0v) is 19.5. The fraction of sp³-hybridized carbons (Fsp3) is 0.381. The van der Waals surface area contributed by atoms with Crippen molar-refractivity contribution in [3.05, 3.63) is 59.9 Å². The van der Waals surface area contributed by atoms with Crippen molar-refractivity contribution >= 4 is 39.5 Å². The fourth-order valence-corrected chi connectivity index (χ4v) is 5.13. The minimum absolute atomic E-state index is 0.144. The molecule has 0 aromatic heterocycles. The van der Waals surface area contributed by atoms with Gasteiger partial charge in [0.1, 0.15) is 11.9 Å². The summed E-state index contributed by atoms with van der Waals surface area (Å²) >= 11 is 3.14. The number of carbonyl (C=O) groups excluding carboxylic acids is 1. The molecule has 0 radical (unpaired) electrons. The largest absolute Gasteiger partial charge is 0.355 e. The van der Waals surface area contributed by atoms with Crippen molar-refractivity contribution in [1.29, 1.82) is 0 Å². The second-order valence-electron chi connectivity index (χ2n) is 6.72. The maximum absolute atomic E-state index is 12.9. The van der Waals surface area contributed by atoms with Crippen LogP contribution >= 0.6 is 23.5 Å². The van der Waals surface area contributed by atoms with E-state index in [0.29, 0.717) is 25.1 Å². The van der Waals surface area contributed by atoms with Crippen molar-refractivity contribution in [1.82, 2.24) is 10.0 Å². The van der Waals surface area contributed by atoms with E-state index >= 15 is 0 Å². The topological polar surface area (TPSA) is 75.3 Å². The van der Waals surface area contributed by atoms with Gasteiger partial charge < -0.3 is 5.32 Å². The summed E-state index contributed by atoms with van der Waals surface area (Å²) in [6.45, 7) is 2.32. The molecule has 0 fully saturated rings. The quantitative estimate of drug-likeness (QED) is 0.364. The van der Waals surface area contributed by atoms with Gasteiger partial charge in [-0.25, -0.2) is 12.8 Å². The Morgan fingerprint density at radius 3 is 2.37 bits per heavy atom. The molecule has 164 valence electrons. The van der Waals surface area contributed by atoms with Gasteiger partial charge in [0.15, 0.2) is 0 Å². The molecule has 2 N–H and O–H groups in total. The van der Waals surface area contributed by atoms with Crippen molar-refractivity contribution < 1.29 is 17.6 Å². The van der Waals surface area contributed by atoms with E-state index in [9.17, 15) is 17.6 Å². The first kappa shape index (κ1) is 24.7. The second kappa shape index (κ2) is 12.3. The summed E-state index contributed by atoms with van der Waals surface area (Å²) in [5.41, 5.74) is 0.962. The molecule has 0 saturated heterocycles. The lowest BCUT2D eigenvalue weighted by Gasteiger charge is -2.18. The first-order valence-corrected chi connectivity index (χ1v) is 13.4. The summed E-state index contributed by atoms with van der Waals surface area (Å²) in [6, 6.07) is 12.0. The van der Waals surface area contributed by atoms with Crippen molar-refractivity contribution in [2.45, 2.75) is 35.6 Å². The van der Waals surface area contributed by atoms with E-state index < -0.39 is 16.1 Å².